The number of benzene rings is 3. The van der Waals surface area contributed by atoms with E-state index in [2.05, 4.69) is 91.9 Å². The van der Waals surface area contributed by atoms with Gasteiger partial charge in [0.2, 0.25) is 0 Å². The van der Waals surface area contributed by atoms with Crippen LogP contribution in [0.1, 0.15) is 24.5 Å². The highest BCUT2D eigenvalue weighted by Gasteiger charge is 1.99. The lowest BCUT2D eigenvalue weighted by atomic mass is 9.99. The first kappa shape index (κ1) is 14.6. The second-order valence-corrected chi connectivity index (χ2v) is 5.97. The molecule has 0 aliphatic heterocycles. The van der Waals surface area contributed by atoms with Gasteiger partial charge in [-0.2, -0.15) is 0 Å². The van der Waals surface area contributed by atoms with E-state index < -0.39 is 0 Å². The zero-order valence-electron chi connectivity index (χ0n) is 13.1. The van der Waals surface area contributed by atoms with Gasteiger partial charge in [0.15, 0.2) is 0 Å². The molecule has 0 fully saturated rings. The summed E-state index contributed by atoms with van der Waals surface area (Å²) >= 11 is 0. The molecule has 110 valence electrons. The van der Waals surface area contributed by atoms with E-state index in [1.807, 2.05) is 0 Å². The molecule has 0 saturated carbocycles. The van der Waals surface area contributed by atoms with Crippen LogP contribution in [0.4, 0.5) is 0 Å². The summed E-state index contributed by atoms with van der Waals surface area (Å²) in [5.74, 6) is 0.590. The Labute approximate surface area is 133 Å². The molecule has 0 N–H and O–H groups in total. The molecular weight excluding hydrogens is 264 g/mol. The maximum absolute atomic E-state index is 2.33. The van der Waals surface area contributed by atoms with E-state index in [4.69, 9.17) is 0 Å². The first-order valence-corrected chi connectivity index (χ1v) is 8.02. The summed E-state index contributed by atoms with van der Waals surface area (Å²) in [7, 11) is 0. The van der Waals surface area contributed by atoms with Crippen LogP contribution >= 0.6 is 0 Å². The van der Waals surface area contributed by atoms with Gasteiger partial charge in [-0.3, -0.25) is 0 Å². The third kappa shape index (κ3) is 3.85. The SMILES string of the molecule is C[C@@H](/C=C/c1ccc2ccccc2c1)CCc1ccccc1. The van der Waals surface area contributed by atoms with Crippen molar-refractivity contribution in [3.8, 4) is 0 Å². The zero-order valence-corrected chi connectivity index (χ0v) is 13.1. The number of hydrogen-bond acceptors (Lipinski definition) is 0. The van der Waals surface area contributed by atoms with Crippen molar-refractivity contribution in [2.75, 3.05) is 0 Å². The van der Waals surface area contributed by atoms with Gasteiger partial charge >= 0.3 is 0 Å². The lowest BCUT2D eigenvalue weighted by Gasteiger charge is -2.06. The Balaban J connectivity index is 1.62. The molecule has 0 aromatic heterocycles. The molecule has 3 aromatic carbocycles. The highest BCUT2D eigenvalue weighted by atomic mass is 14.0. The number of hydrogen-bond donors (Lipinski definition) is 0. The van der Waals surface area contributed by atoms with Crippen LogP contribution in [0.25, 0.3) is 16.8 Å². The molecule has 3 rings (SSSR count). The van der Waals surface area contributed by atoms with Crippen LogP contribution in [0.2, 0.25) is 0 Å². The van der Waals surface area contributed by atoms with Gasteiger partial charge in [0.25, 0.3) is 0 Å². The molecule has 0 amide bonds. The van der Waals surface area contributed by atoms with Crippen molar-refractivity contribution in [2.24, 2.45) is 5.92 Å². The fourth-order valence-corrected chi connectivity index (χ4v) is 2.72. The van der Waals surface area contributed by atoms with E-state index in [0.29, 0.717) is 5.92 Å². The lowest BCUT2D eigenvalue weighted by molar-refractivity contribution is 0.650. The van der Waals surface area contributed by atoms with E-state index in [0.717, 1.165) is 6.42 Å². The van der Waals surface area contributed by atoms with Crippen LogP contribution in [-0.4, -0.2) is 0 Å². The Hall–Kier alpha value is -2.34. The van der Waals surface area contributed by atoms with Gasteiger partial charge in [-0.1, -0.05) is 85.8 Å². The van der Waals surface area contributed by atoms with Gasteiger partial charge in [0.1, 0.15) is 0 Å². The van der Waals surface area contributed by atoms with Gasteiger partial charge < -0.3 is 0 Å². The van der Waals surface area contributed by atoms with Crippen LogP contribution in [0.5, 0.6) is 0 Å². The number of allylic oxidation sites excluding steroid dienone is 1. The topological polar surface area (TPSA) is 0 Å². The van der Waals surface area contributed by atoms with Gasteiger partial charge in [0, 0.05) is 0 Å². The minimum absolute atomic E-state index is 0.590. The molecule has 0 spiro atoms. The molecule has 0 unspecified atom stereocenters. The molecular formula is C22H22. The normalized spacial score (nSPS) is 12.8. The lowest BCUT2D eigenvalue weighted by Crippen LogP contribution is -1.93. The number of fused-ring (bicyclic) bond motifs is 1. The molecule has 0 bridgehead atoms. The molecule has 0 radical (unpaired) electrons. The predicted octanol–water partition coefficient (Wildman–Crippen LogP) is 6.12. The smallest absolute Gasteiger partial charge is 0.0178 e. The third-order valence-corrected chi connectivity index (χ3v) is 4.12. The summed E-state index contributed by atoms with van der Waals surface area (Å²) in [5.41, 5.74) is 2.71. The van der Waals surface area contributed by atoms with Crippen LogP contribution in [0.15, 0.2) is 78.9 Å². The monoisotopic (exact) mass is 286 g/mol. The molecule has 3 aromatic rings. The highest BCUT2D eigenvalue weighted by Crippen LogP contribution is 2.18. The first-order valence-electron chi connectivity index (χ1n) is 8.02. The van der Waals surface area contributed by atoms with E-state index in [1.165, 1.54) is 28.3 Å². The Morgan fingerprint density at radius 1 is 0.818 bits per heavy atom. The maximum atomic E-state index is 2.33. The second-order valence-electron chi connectivity index (χ2n) is 5.97. The van der Waals surface area contributed by atoms with Gasteiger partial charge in [0.05, 0.1) is 0 Å². The van der Waals surface area contributed by atoms with Crippen molar-refractivity contribution < 1.29 is 0 Å². The van der Waals surface area contributed by atoms with Crippen LogP contribution < -0.4 is 0 Å². The van der Waals surface area contributed by atoms with E-state index in [-0.39, 0.29) is 0 Å². The third-order valence-electron chi connectivity index (χ3n) is 4.12. The van der Waals surface area contributed by atoms with Crippen molar-refractivity contribution in [3.05, 3.63) is 90.0 Å². The summed E-state index contributed by atoms with van der Waals surface area (Å²) in [6.07, 6.45) is 6.91. The van der Waals surface area contributed by atoms with Crippen molar-refractivity contribution in [2.45, 2.75) is 19.8 Å². The molecule has 0 saturated heterocycles. The minimum atomic E-state index is 0.590. The Morgan fingerprint density at radius 3 is 2.36 bits per heavy atom. The summed E-state index contributed by atoms with van der Waals surface area (Å²) in [6.45, 7) is 2.29. The highest BCUT2D eigenvalue weighted by molar-refractivity contribution is 5.84. The van der Waals surface area contributed by atoms with Crippen molar-refractivity contribution in [3.63, 3.8) is 0 Å². The minimum Gasteiger partial charge on any atom is -0.0811 e. The fraction of sp³-hybridized carbons (Fsp3) is 0.182. The standard InChI is InChI=1S/C22H22/c1-18(11-13-19-7-3-2-4-8-19)12-14-20-15-16-21-9-5-6-10-22(21)17-20/h2-10,12,14-18H,11,13H2,1H3/b14-12+/t18-/m1/s1. The van der Waals surface area contributed by atoms with E-state index in [9.17, 15) is 0 Å². The Morgan fingerprint density at radius 2 is 1.55 bits per heavy atom. The van der Waals surface area contributed by atoms with Crippen molar-refractivity contribution in [1.29, 1.82) is 0 Å². The summed E-state index contributed by atoms with van der Waals surface area (Å²) in [6, 6.07) is 25.9. The largest absolute Gasteiger partial charge is 0.0811 e. The number of rotatable bonds is 5. The van der Waals surface area contributed by atoms with Gasteiger partial charge in [-0.25, -0.2) is 0 Å². The summed E-state index contributed by atoms with van der Waals surface area (Å²) in [4.78, 5) is 0. The second kappa shape index (κ2) is 7.09. The quantitative estimate of drug-likeness (QED) is 0.530. The average molecular weight is 286 g/mol. The maximum Gasteiger partial charge on any atom is -0.0178 e. The molecule has 0 heterocycles. The summed E-state index contributed by atoms with van der Waals surface area (Å²) < 4.78 is 0. The first-order chi connectivity index (χ1) is 10.8. The van der Waals surface area contributed by atoms with Gasteiger partial charge in [-0.05, 0) is 46.7 Å². The van der Waals surface area contributed by atoms with Gasteiger partial charge in [-0.15, -0.1) is 0 Å². The van der Waals surface area contributed by atoms with Crippen molar-refractivity contribution in [1.82, 2.24) is 0 Å². The fourth-order valence-electron chi connectivity index (χ4n) is 2.72. The van der Waals surface area contributed by atoms with Crippen LogP contribution in [0.3, 0.4) is 0 Å². The van der Waals surface area contributed by atoms with E-state index in [1.54, 1.807) is 0 Å². The molecule has 0 aliphatic rings. The molecule has 0 aliphatic carbocycles. The number of aryl methyl sites for hydroxylation is 1. The Kier molecular flexibility index (Phi) is 4.70. The average Bonchev–Trinajstić information content (AvgIpc) is 2.59. The summed E-state index contributed by atoms with van der Waals surface area (Å²) in [5, 5.41) is 2.61. The Bertz CT molecular complexity index is 753. The molecule has 0 nitrogen and oxygen atoms in total. The molecule has 0 heteroatoms. The van der Waals surface area contributed by atoms with Crippen molar-refractivity contribution >= 4 is 16.8 Å². The predicted molar refractivity (Wildman–Crippen MR) is 96.9 cm³/mol. The van der Waals surface area contributed by atoms with Crippen LogP contribution in [-0.2, 0) is 6.42 Å². The molecule has 1 atom stereocenters. The van der Waals surface area contributed by atoms with E-state index >= 15 is 0 Å². The van der Waals surface area contributed by atoms with Crippen LogP contribution in [0, 0.1) is 5.92 Å². The zero-order chi connectivity index (χ0) is 15.2. The molecule has 22 heavy (non-hydrogen) atoms.